The van der Waals surface area contributed by atoms with E-state index in [-0.39, 0.29) is 12.5 Å². The molecule has 1 saturated carbocycles. The van der Waals surface area contributed by atoms with Crippen LogP contribution in [0.15, 0.2) is 47.8 Å². The molecule has 6 nitrogen and oxygen atoms in total. The van der Waals surface area contributed by atoms with E-state index in [4.69, 9.17) is 14.8 Å². The Morgan fingerprint density at radius 1 is 1.19 bits per heavy atom. The molecule has 1 aromatic heterocycles. The predicted molar refractivity (Wildman–Crippen MR) is 127 cm³/mol. The van der Waals surface area contributed by atoms with Gasteiger partial charge in [-0.25, -0.2) is 4.98 Å². The Bertz CT molecular complexity index is 998. The van der Waals surface area contributed by atoms with E-state index in [2.05, 4.69) is 16.0 Å². The number of thiazole rings is 1. The van der Waals surface area contributed by atoms with E-state index in [0.29, 0.717) is 35.2 Å². The normalized spacial score (nSPS) is 12.5. The van der Waals surface area contributed by atoms with Crippen molar-refractivity contribution in [2.75, 3.05) is 30.9 Å². The largest absolute Gasteiger partial charge is 0.497 e. The molecule has 0 aliphatic heterocycles. The Morgan fingerprint density at radius 3 is 2.58 bits per heavy atom. The molecule has 1 aliphatic rings. The first-order chi connectivity index (χ1) is 15.2. The van der Waals surface area contributed by atoms with Crippen LogP contribution in [0, 0.1) is 0 Å². The van der Waals surface area contributed by atoms with Gasteiger partial charge in [0.05, 0.1) is 35.7 Å². The molecule has 3 N–H and O–H groups in total. The van der Waals surface area contributed by atoms with Crippen LogP contribution in [0.4, 0.5) is 11.4 Å². The van der Waals surface area contributed by atoms with Gasteiger partial charge in [-0.15, -0.1) is 11.3 Å². The number of aromatic nitrogens is 1. The molecule has 7 heteroatoms. The van der Waals surface area contributed by atoms with Gasteiger partial charge in [0.2, 0.25) is 0 Å². The Kier molecular flexibility index (Phi) is 8.03. The van der Waals surface area contributed by atoms with E-state index in [1.165, 1.54) is 17.8 Å². The second-order valence-corrected chi connectivity index (χ2v) is 7.83. The average Bonchev–Trinajstić information content (AvgIpc) is 3.55. The highest BCUT2D eigenvalue weighted by molar-refractivity contribution is 7.10. The van der Waals surface area contributed by atoms with Crippen molar-refractivity contribution in [1.82, 2.24) is 4.98 Å². The summed E-state index contributed by atoms with van der Waals surface area (Å²) in [6.45, 7) is 4.32. The first-order valence-corrected chi connectivity index (χ1v) is 11.5. The average molecular weight is 440 g/mol. The summed E-state index contributed by atoms with van der Waals surface area (Å²) in [6.07, 6.45) is 2.50. The molecule has 2 aromatic carbocycles. The summed E-state index contributed by atoms with van der Waals surface area (Å²) in [5.74, 6) is 1.07. The number of ether oxygens (including phenoxy) is 1. The highest BCUT2D eigenvalue weighted by Crippen LogP contribution is 2.42. The van der Waals surface area contributed by atoms with Gasteiger partial charge in [-0.2, -0.15) is 0 Å². The summed E-state index contributed by atoms with van der Waals surface area (Å²) in [7, 11) is 1.57. The molecule has 31 heavy (non-hydrogen) atoms. The summed E-state index contributed by atoms with van der Waals surface area (Å²) in [5, 5.41) is 18.4. The van der Waals surface area contributed by atoms with Crippen molar-refractivity contribution in [3.05, 3.63) is 58.4 Å². The zero-order valence-electron chi connectivity index (χ0n) is 18.1. The Balaban J connectivity index is 0.00000132. The number of anilines is 2. The van der Waals surface area contributed by atoms with E-state index in [1.807, 2.05) is 38.1 Å². The first-order valence-electron chi connectivity index (χ1n) is 10.6. The van der Waals surface area contributed by atoms with E-state index in [9.17, 15) is 4.79 Å². The summed E-state index contributed by atoms with van der Waals surface area (Å²) in [4.78, 5) is 17.5. The number of nitrogens with one attached hydrogen (secondary N) is 2. The van der Waals surface area contributed by atoms with Crippen LogP contribution < -0.4 is 15.4 Å². The molecule has 1 amide bonds. The number of amides is 1. The van der Waals surface area contributed by atoms with Gasteiger partial charge in [0.15, 0.2) is 0 Å². The number of nitrogens with zero attached hydrogens (tertiary/aromatic N) is 1. The molecule has 1 heterocycles. The monoisotopic (exact) mass is 439 g/mol. The maximum atomic E-state index is 12.8. The van der Waals surface area contributed by atoms with Gasteiger partial charge in [0.1, 0.15) is 5.75 Å². The minimum Gasteiger partial charge on any atom is -0.497 e. The zero-order valence-corrected chi connectivity index (χ0v) is 19.0. The van der Waals surface area contributed by atoms with Crippen molar-refractivity contribution in [3.63, 3.8) is 0 Å². The second kappa shape index (κ2) is 10.9. The lowest BCUT2D eigenvalue weighted by molar-refractivity contribution is 0.102. The summed E-state index contributed by atoms with van der Waals surface area (Å²) in [6, 6.07) is 12.9. The van der Waals surface area contributed by atoms with Crippen LogP contribution in [-0.2, 0) is 0 Å². The van der Waals surface area contributed by atoms with Crippen molar-refractivity contribution in [2.45, 2.75) is 32.6 Å². The van der Waals surface area contributed by atoms with Crippen LogP contribution in [-0.4, -0.2) is 36.3 Å². The fourth-order valence-electron chi connectivity index (χ4n) is 3.05. The minimum atomic E-state index is -0.231. The lowest BCUT2D eigenvalue weighted by Gasteiger charge is -2.13. The number of methoxy groups -OCH3 is 1. The molecule has 1 aliphatic carbocycles. The molecule has 1 fully saturated rings. The van der Waals surface area contributed by atoms with Gasteiger partial charge in [0, 0.05) is 35.2 Å². The van der Waals surface area contributed by atoms with Crippen molar-refractivity contribution in [1.29, 1.82) is 0 Å². The van der Waals surface area contributed by atoms with E-state index in [0.717, 1.165) is 11.3 Å². The number of carbonyl (C=O) groups is 1. The smallest absolute Gasteiger partial charge is 0.257 e. The van der Waals surface area contributed by atoms with Crippen molar-refractivity contribution >= 4 is 28.6 Å². The third-order valence-corrected chi connectivity index (χ3v) is 5.79. The third-order valence-electron chi connectivity index (χ3n) is 4.79. The lowest BCUT2D eigenvalue weighted by atomic mass is 10.1. The van der Waals surface area contributed by atoms with Crippen LogP contribution in [0.1, 0.15) is 48.0 Å². The quantitative estimate of drug-likeness (QED) is 0.439. The van der Waals surface area contributed by atoms with Gasteiger partial charge in [-0.3, -0.25) is 4.79 Å². The molecular formula is C24H29N3O3S. The fourth-order valence-corrected chi connectivity index (χ4v) is 4.05. The molecule has 0 atom stereocenters. The number of aliphatic hydroxyl groups is 1. The highest BCUT2D eigenvalue weighted by Gasteiger charge is 2.26. The number of aliphatic hydroxyl groups excluding tert-OH is 1. The number of rotatable bonds is 8. The van der Waals surface area contributed by atoms with E-state index < -0.39 is 0 Å². The molecule has 0 radical (unpaired) electrons. The summed E-state index contributed by atoms with van der Waals surface area (Å²) < 4.78 is 5.22. The molecule has 3 aromatic rings. The number of hydrogen-bond acceptors (Lipinski definition) is 6. The summed E-state index contributed by atoms with van der Waals surface area (Å²) >= 11 is 1.72. The maximum Gasteiger partial charge on any atom is 0.257 e. The fraction of sp³-hybridized carbons (Fsp3) is 0.333. The van der Waals surface area contributed by atoms with Crippen molar-refractivity contribution in [2.24, 2.45) is 0 Å². The maximum absolute atomic E-state index is 12.8. The SMILES string of the molecule is CC.COc1ccc(C(=O)Nc2ccc(-c3csc(C4CC4)n3)cc2)c(NCCO)c1. The van der Waals surface area contributed by atoms with E-state index in [1.54, 1.807) is 36.6 Å². The van der Waals surface area contributed by atoms with Crippen LogP contribution in [0.25, 0.3) is 11.3 Å². The zero-order chi connectivity index (χ0) is 22.2. The topological polar surface area (TPSA) is 83.5 Å². The van der Waals surface area contributed by atoms with Crippen LogP contribution in [0.5, 0.6) is 5.75 Å². The lowest BCUT2D eigenvalue weighted by Crippen LogP contribution is -2.16. The Labute approximate surface area is 187 Å². The molecule has 0 bridgehead atoms. The van der Waals surface area contributed by atoms with Crippen LogP contribution in [0.2, 0.25) is 0 Å². The summed E-state index contributed by atoms with van der Waals surface area (Å²) in [5.41, 5.74) is 3.83. The minimum absolute atomic E-state index is 0.0290. The molecule has 164 valence electrons. The van der Waals surface area contributed by atoms with Crippen molar-refractivity contribution < 1.29 is 14.6 Å². The predicted octanol–water partition coefficient (Wildman–Crippen LogP) is 5.38. The third kappa shape index (κ3) is 5.83. The number of benzene rings is 2. The van der Waals surface area contributed by atoms with Gasteiger partial charge in [-0.1, -0.05) is 26.0 Å². The number of hydrogen-bond donors (Lipinski definition) is 3. The Morgan fingerprint density at radius 2 is 1.94 bits per heavy atom. The van der Waals surface area contributed by atoms with Gasteiger partial charge in [0.25, 0.3) is 5.91 Å². The molecule has 4 rings (SSSR count). The van der Waals surface area contributed by atoms with E-state index >= 15 is 0 Å². The molecule has 0 unspecified atom stereocenters. The van der Waals surface area contributed by atoms with Gasteiger partial charge >= 0.3 is 0 Å². The molecule has 0 spiro atoms. The van der Waals surface area contributed by atoms with Gasteiger partial charge in [-0.05, 0) is 37.1 Å². The first kappa shape index (κ1) is 22.8. The standard InChI is InChI=1S/C22H23N3O3S.C2H6/c1-28-17-8-9-18(19(12-17)23-10-11-26)21(27)24-16-6-4-14(5-7-16)20-13-29-22(25-20)15-2-3-15;1-2/h4-9,12-13,15,23,26H,2-3,10-11H2,1H3,(H,24,27);1-2H3. The van der Waals surface area contributed by atoms with Crippen molar-refractivity contribution in [3.8, 4) is 17.0 Å². The molecular weight excluding hydrogens is 410 g/mol. The number of carbonyl (C=O) groups excluding carboxylic acids is 1. The Hall–Kier alpha value is -2.90. The molecule has 0 saturated heterocycles. The second-order valence-electron chi connectivity index (χ2n) is 6.94. The highest BCUT2D eigenvalue weighted by atomic mass is 32.1. The van der Waals surface area contributed by atoms with Crippen LogP contribution in [0.3, 0.4) is 0 Å². The van der Waals surface area contributed by atoms with Gasteiger partial charge < -0.3 is 20.5 Å². The van der Waals surface area contributed by atoms with Crippen LogP contribution >= 0.6 is 11.3 Å².